The van der Waals surface area contributed by atoms with Crippen LogP contribution in [-0.2, 0) is 16.0 Å². The molecule has 0 saturated heterocycles. The zero-order chi connectivity index (χ0) is 22.5. The van der Waals surface area contributed by atoms with Gasteiger partial charge < -0.3 is 10.1 Å². The van der Waals surface area contributed by atoms with E-state index < -0.39 is 6.04 Å². The van der Waals surface area contributed by atoms with Crippen LogP contribution in [0.15, 0.2) is 53.2 Å². The largest absolute Gasteiger partial charge is 0.495 e. The molecule has 2 amide bonds. The molecule has 8 heteroatoms. The Labute approximate surface area is 201 Å². The van der Waals surface area contributed by atoms with Crippen molar-refractivity contribution in [3.05, 3.63) is 68.0 Å². The minimum atomic E-state index is -0.810. The molecule has 168 valence electrons. The average molecular weight is 489 g/mol. The van der Waals surface area contributed by atoms with E-state index in [-0.39, 0.29) is 24.3 Å². The number of nitrogens with zero attached hydrogens (tertiary/aromatic N) is 1. The van der Waals surface area contributed by atoms with Crippen LogP contribution in [-0.4, -0.2) is 25.0 Å². The Morgan fingerprint density at radius 2 is 1.91 bits per heavy atom. The molecule has 4 rings (SSSR count). The second-order valence-corrected chi connectivity index (χ2v) is 10.2. The second kappa shape index (κ2) is 10.5. The lowest BCUT2D eigenvalue weighted by atomic mass is 10.1. The molecule has 1 atom stereocenters. The minimum Gasteiger partial charge on any atom is -0.495 e. The Morgan fingerprint density at radius 3 is 2.56 bits per heavy atom. The first-order chi connectivity index (χ1) is 15.6. The molecule has 1 N–H and O–H groups in total. The van der Waals surface area contributed by atoms with Gasteiger partial charge >= 0.3 is 0 Å². The van der Waals surface area contributed by atoms with Gasteiger partial charge in [0, 0.05) is 20.8 Å². The summed E-state index contributed by atoms with van der Waals surface area (Å²) in [5, 5.41) is 7.51. The third-order valence-electron chi connectivity index (χ3n) is 5.60. The highest BCUT2D eigenvalue weighted by Crippen LogP contribution is 2.39. The van der Waals surface area contributed by atoms with Gasteiger partial charge in [0.15, 0.2) is 0 Å². The zero-order valence-corrected chi connectivity index (χ0v) is 20.1. The topological polar surface area (TPSA) is 58.6 Å². The summed E-state index contributed by atoms with van der Waals surface area (Å²) in [5.41, 5.74) is 0.488. The fourth-order valence-electron chi connectivity index (χ4n) is 4.09. The summed E-state index contributed by atoms with van der Waals surface area (Å²) < 4.78 is 5.57. The third kappa shape index (κ3) is 5.17. The molecule has 1 saturated carbocycles. The van der Waals surface area contributed by atoms with Crippen molar-refractivity contribution in [2.24, 2.45) is 0 Å². The van der Waals surface area contributed by atoms with Crippen LogP contribution in [0.4, 0.5) is 5.69 Å². The van der Waals surface area contributed by atoms with Crippen molar-refractivity contribution in [2.75, 3.05) is 12.0 Å². The molecule has 0 bridgehead atoms. The Balaban J connectivity index is 1.78. The number of rotatable bonds is 8. The molecular formula is C24H25ClN2O3S2. The fourth-order valence-corrected chi connectivity index (χ4v) is 5.76. The summed E-state index contributed by atoms with van der Waals surface area (Å²) in [6, 6.07) is 12.1. The molecule has 32 heavy (non-hydrogen) atoms. The van der Waals surface area contributed by atoms with E-state index in [0.717, 1.165) is 35.4 Å². The van der Waals surface area contributed by atoms with E-state index in [1.807, 2.05) is 35.0 Å². The van der Waals surface area contributed by atoms with Gasteiger partial charge in [-0.3, -0.25) is 14.5 Å². The van der Waals surface area contributed by atoms with Crippen molar-refractivity contribution in [1.29, 1.82) is 0 Å². The molecule has 1 aliphatic rings. The molecule has 0 aliphatic heterocycles. The van der Waals surface area contributed by atoms with Crippen molar-refractivity contribution in [1.82, 2.24) is 5.32 Å². The molecule has 1 fully saturated rings. The SMILES string of the molecule is COc1ccc(Cl)cc1N(C(=O)Cc1cccs1)[C@H](C(=O)NC1CCCC1)c1cccs1. The normalized spacial score (nSPS) is 14.8. The van der Waals surface area contributed by atoms with E-state index in [1.165, 1.54) is 22.7 Å². The highest BCUT2D eigenvalue weighted by molar-refractivity contribution is 7.10. The number of methoxy groups -OCH3 is 1. The third-order valence-corrected chi connectivity index (χ3v) is 7.63. The van der Waals surface area contributed by atoms with Crippen LogP contribution in [0.2, 0.25) is 5.02 Å². The number of amides is 2. The number of nitrogens with one attached hydrogen (secondary N) is 1. The smallest absolute Gasteiger partial charge is 0.248 e. The number of carbonyl (C=O) groups is 2. The molecule has 1 aliphatic carbocycles. The van der Waals surface area contributed by atoms with Gasteiger partial charge in [-0.25, -0.2) is 0 Å². The van der Waals surface area contributed by atoms with Crippen LogP contribution in [0.25, 0.3) is 0 Å². The molecule has 5 nitrogen and oxygen atoms in total. The van der Waals surface area contributed by atoms with Gasteiger partial charge in [-0.1, -0.05) is 36.6 Å². The van der Waals surface area contributed by atoms with Crippen molar-refractivity contribution in [3.63, 3.8) is 0 Å². The number of thiophene rings is 2. The predicted molar refractivity (Wildman–Crippen MR) is 131 cm³/mol. The second-order valence-electron chi connectivity index (χ2n) is 7.74. The monoisotopic (exact) mass is 488 g/mol. The number of hydrogen-bond acceptors (Lipinski definition) is 5. The number of anilines is 1. The van der Waals surface area contributed by atoms with Crippen LogP contribution in [0, 0.1) is 0 Å². The van der Waals surface area contributed by atoms with Crippen LogP contribution < -0.4 is 15.0 Å². The first kappa shape index (κ1) is 22.8. The van der Waals surface area contributed by atoms with Crippen molar-refractivity contribution in [2.45, 2.75) is 44.2 Å². The zero-order valence-electron chi connectivity index (χ0n) is 17.8. The maximum Gasteiger partial charge on any atom is 0.248 e. The van der Waals surface area contributed by atoms with E-state index in [4.69, 9.17) is 16.3 Å². The lowest BCUT2D eigenvalue weighted by Crippen LogP contribution is -2.46. The van der Waals surface area contributed by atoms with Crippen LogP contribution in [0.5, 0.6) is 5.75 Å². The van der Waals surface area contributed by atoms with E-state index >= 15 is 0 Å². The number of benzene rings is 1. The maximum absolute atomic E-state index is 13.7. The van der Waals surface area contributed by atoms with Gasteiger partial charge in [-0.2, -0.15) is 0 Å². The standard InChI is InChI=1S/C24H25ClN2O3S2/c1-30-20-11-10-16(25)14-19(20)27(22(28)15-18-8-4-12-31-18)23(21-9-5-13-32-21)24(29)26-17-6-2-3-7-17/h4-5,8-14,17,23H,2-3,6-7,15H2,1H3,(H,26,29)/t23-/m0/s1. The Hall–Kier alpha value is -2.35. The minimum absolute atomic E-state index is 0.139. The molecule has 0 spiro atoms. The molecule has 2 aromatic heterocycles. The van der Waals surface area contributed by atoms with Gasteiger partial charge in [0.2, 0.25) is 11.8 Å². The summed E-state index contributed by atoms with van der Waals surface area (Å²) in [7, 11) is 1.55. The number of carbonyl (C=O) groups excluding carboxylic acids is 2. The van der Waals surface area contributed by atoms with Crippen LogP contribution in [0.3, 0.4) is 0 Å². The fraction of sp³-hybridized carbons (Fsp3) is 0.333. The predicted octanol–water partition coefficient (Wildman–Crippen LogP) is 5.85. The quantitative estimate of drug-likeness (QED) is 0.433. The molecule has 0 unspecified atom stereocenters. The summed E-state index contributed by atoms with van der Waals surface area (Å²) in [6.07, 6.45) is 4.33. The average Bonchev–Trinajstić information content (AvgIpc) is 3.55. The van der Waals surface area contributed by atoms with Crippen molar-refractivity contribution in [3.8, 4) is 5.75 Å². The van der Waals surface area contributed by atoms with Gasteiger partial charge in [-0.05, 0) is 53.9 Å². The van der Waals surface area contributed by atoms with Gasteiger partial charge in [0.25, 0.3) is 0 Å². The van der Waals surface area contributed by atoms with Crippen molar-refractivity contribution < 1.29 is 14.3 Å². The number of ether oxygens (including phenoxy) is 1. The van der Waals surface area contributed by atoms with Crippen LogP contribution >= 0.6 is 34.3 Å². The first-order valence-electron chi connectivity index (χ1n) is 10.6. The molecule has 1 aromatic carbocycles. The molecule has 2 heterocycles. The van der Waals surface area contributed by atoms with E-state index in [2.05, 4.69) is 5.32 Å². The summed E-state index contributed by atoms with van der Waals surface area (Å²) >= 11 is 9.30. The Kier molecular flexibility index (Phi) is 7.50. The highest BCUT2D eigenvalue weighted by Gasteiger charge is 2.36. The Morgan fingerprint density at radius 1 is 1.16 bits per heavy atom. The van der Waals surface area contributed by atoms with Gasteiger partial charge in [0.05, 0.1) is 19.2 Å². The van der Waals surface area contributed by atoms with Gasteiger partial charge in [0.1, 0.15) is 11.8 Å². The maximum atomic E-state index is 13.7. The summed E-state index contributed by atoms with van der Waals surface area (Å²) in [6.45, 7) is 0. The van der Waals surface area contributed by atoms with Crippen LogP contribution in [0.1, 0.15) is 41.5 Å². The van der Waals surface area contributed by atoms with Gasteiger partial charge in [-0.15, -0.1) is 22.7 Å². The van der Waals surface area contributed by atoms with E-state index in [9.17, 15) is 9.59 Å². The molecular weight excluding hydrogens is 464 g/mol. The highest BCUT2D eigenvalue weighted by atomic mass is 35.5. The molecule has 3 aromatic rings. The molecule has 0 radical (unpaired) electrons. The Bertz CT molecular complexity index is 1050. The summed E-state index contributed by atoms with van der Waals surface area (Å²) in [5.74, 6) is 0.123. The number of hydrogen-bond donors (Lipinski definition) is 1. The first-order valence-corrected chi connectivity index (χ1v) is 12.7. The number of halogens is 1. The van der Waals surface area contributed by atoms with Crippen molar-refractivity contribution >= 4 is 51.8 Å². The van der Waals surface area contributed by atoms with E-state index in [0.29, 0.717) is 16.5 Å². The lowest BCUT2D eigenvalue weighted by molar-refractivity contribution is -0.126. The summed E-state index contributed by atoms with van der Waals surface area (Å²) in [4.78, 5) is 30.6. The lowest BCUT2D eigenvalue weighted by Gasteiger charge is -2.32. The van der Waals surface area contributed by atoms with E-state index in [1.54, 1.807) is 30.2 Å².